The molecule has 0 amide bonds. The van der Waals surface area contributed by atoms with Crippen LogP contribution in [0.15, 0.2) is 27.1 Å². The van der Waals surface area contributed by atoms with Crippen molar-refractivity contribution >= 4 is 21.8 Å². The van der Waals surface area contributed by atoms with Crippen molar-refractivity contribution in [3.05, 3.63) is 33.9 Å². The Hall–Kier alpha value is -1.80. The maximum absolute atomic E-state index is 8.73. The van der Waals surface area contributed by atoms with E-state index < -0.39 is 0 Å². The van der Waals surface area contributed by atoms with Gasteiger partial charge in [0.2, 0.25) is 17.5 Å². The van der Waals surface area contributed by atoms with E-state index in [-0.39, 0.29) is 11.6 Å². The number of oxazole rings is 1. The number of nitrogens with two attached hydrogens (primary N) is 1. The number of nitrogen functional groups attached to an aromatic ring is 1. The van der Waals surface area contributed by atoms with Gasteiger partial charge in [0.05, 0.1) is 5.56 Å². The highest BCUT2D eigenvalue weighted by atomic mass is 79.9. The second-order valence-corrected chi connectivity index (χ2v) is 4.18. The Morgan fingerprint density at radius 1 is 1.50 bits per heavy atom. The molecule has 1 aromatic carbocycles. The highest BCUT2D eigenvalue weighted by Crippen LogP contribution is 2.30. The van der Waals surface area contributed by atoms with E-state index in [1.807, 2.05) is 31.2 Å². The Bertz CT molecular complexity index is 583. The van der Waals surface area contributed by atoms with Gasteiger partial charge in [-0.15, -0.1) is 0 Å². The molecule has 0 unspecified atom stereocenters. The molecule has 0 saturated heterocycles. The van der Waals surface area contributed by atoms with Gasteiger partial charge in [0, 0.05) is 4.47 Å². The van der Waals surface area contributed by atoms with Crippen LogP contribution >= 0.6 is 15.9 Å². The zero-order chi connectivity index (χ0) is 11.7. The third kappa shape index (κ3) is 1.79. The number of nitrogens with zero attached hydrogens (tertiary/aromatic N) is 2. The summed E-state index contributed by atoms with van der Waals surface area (Å²) in [7, 11) is 0. The maximum atomic E-state index is 8.73. The van der Waals surface area contributed by atoms with Crippen LogP contribution in [0.3, 0.4) is 0 Å². The van der Waals surface area contributed by atoms with Crippen molar-refractivity contribution in [1.29, 1.82) is 5.26 Å². The minimum atomic E-state index is 0.0463. The molecule has 2 rings (SSSR count). The van der Waals surface area contributed by atoms with E-state index in [4.69, 9.17) is 15.4 Å². The number of aromatic nitrogens is 1. The fraction of sp³-hybridized carbons (Fsp3) is 0.0909. The minimum Gasteiger partial charge on any atom is -0.419 e. The van der Waals surface area contributed by atoms with Crippen molar-refractivity contribution in [2.24, 2.45) is 0 Å². The van der Waals surface area contributed by atoms with Gasteiger partial charge in [-0.05, 0) is 40.5 Å². The highest BCUT2D eigenvalue weighted by Gasteiger charge is 2.13. The highest BCUT2D eigenvalue weighted by molar-refractivity contribution is 9.10. The predicted molar refractivity (Wildman–Crippen MR) is 63.5 cm³/mol. The summed E-state index contributed by atoms with van der Waals surface area (Å²) in [6, 6.07) is 7.62. The van der Waals surface area contributed by atoms with Gasteiger partial charge in [0.1, 0.15) is 6.07 Å². The average molecular weight is 278 g/mol. The van der Waals surface area contributed by atoms with Crippen molar-refractivity contribution in [2.45, 2.75) is 6.92 Å². The molecular weight excluding hydrogens is 270 g/mol. The van der Waals surface area contributed by atoms with Gasteiger partial charge >= 0.3 is 0 Å². The largest absolute Gasteiger partial charge is 0.419 e. The van der Waals surface area contributed by atoms with E-state index in [0.717, 1.165) is 15.6 Å². The summed E-state index contributed by atoms with van der Waals surface area (Å²) in [4.78, 5) is 4.01. The Balaban J connectivity index is 2.55. The molecule has 2 N–H and O–H groups in total. The minimum absolute atomic E-state index is 0.0463. The molecule has 2 aromatic rings. The van der Waals surface area contributed by atoms with E-state index in [1.165, 1.54) is 0 Å². The fourth-order valence-electron chi connectivity index (χ4n) is 1.32. The second-order valence-electron chi connectivity index (χ2n) is 3.33. The molecule has 0 spiro atoms. The summed E-state index contributed by atoms with van der Waals surface area (Å²) in [5.74, 6) is 0.394. The molecular formula is C11H8BrN3O. The number of anilines is 1. The first-order chi connectivity index (χ1) is 7.61. The topological polar surface area (TPSA) is 75.8 Å². The number of benzene rings is 1. The molecule has 5 heteroatoms. The molecule has 0 aliphatic rings. The molecule has 80 valence electrons. The summed E-state index contributed by atoms with van der Waals surface area (Å²) >= 11 is 3.42. The Morgan fingerprint density at radius 3 is 2.81 bits per heavy atom. The van der Waals surface area contributed by atoms with Crippen LogP contribution in [0, 0.1) is 18.3 Å². The van der Waals surface area contributed by atoms with Crippen LogP contribution in [0.1, 0.15) is 11.3 Å². The molecule has 16 heavy (non-hydrogen) atoms. The third-order valence-electron chi connectivity index (χ3n) is 2.11. The standard InChI is InChI=1S/C11H8BrN3O/c1-6-2-3-7(8(12)4-6)11-15-9(5-13)10(14)16-11/h2-4H,14H2,1H3. The molecule has 0 atom stereocenters. The van der Waals surface area contributed by atoms with E-state index in [2.05, 4.69) is 20.9 Å². The lowest BCUT2D eigenvalue weighted by Gasteiger charge is -2.00. The van der Waals surface area contributed by atoms with E-state index in [1.54, 1.807) is 0 Å². The summed E-state index contributed by atoms with van der Waals surface area (Å²) in [6.07, 6.45) is 0. The summed E-state index contributed by atoms with van der Waals surface area (Å²) in [6.45, 7) is 1.99. The van der Waals surface area contributed by atoms with Crippen LogP contribution < -0.4 is 5.73 Å². The van der Waals surface area contributed by atoms with Gasteiger partial charge in [-0.2, -0.15) is 10.2 Å². The van der Waals surface area contributed by atoms with Gasteiger partial charge in [-0.25, -0.2) is 0 Å². The number of hydrogen-bond donors (Lipinski definition) is 1. The van der Waals surface area contributed by atoms with Crippen LogP contribution in [0.25, 0.3) is 11.5 Å². The smallest absolute Gasteiger partial charge is 0.231 e. The van der Waals surface area contributed by atoms with Crippen LogP contribution in [0.4, 0.5) is 5.88 Å². The van der Waals surface area contributed by atoms with Crippen molar-refractivity contribution in [2.75, 3.05) is 5.73 Å². The van der Waals surface area contributed by atoms with Gasteiger partial charge < -0.3 is 10.2 Å². The molecule has 1 heterocycles. The Labute approximate surface area is 101 Å². The molecule has 0 saturated carbocycles. The third-order valence-corrected chi connectivity index (χ3v) is 2.77. The first-order valence-electron chi connectivity index (χ1n) is 4.54. The predicted octanol–water partition coefficient (Wildman–Crippen LogP) is 2.87. The summed E-state index contributed by atoms with van der Waals surface area (Å²) in [5.41, 5.74) is 7.51. The van der Waals surface area contributed by atoms with Crippen molar-refractivity contribution < 1.29 is 4.42 Å². The number of aryl methyl sites for hydroxylation is 1. The van der Waals surface area contributed by atoms with Gasteiger partial charge in [0.15, 0.2) is 0 Å². The van der Waals surface area contributed by atoms with Crippen molar-refractivity contribution in [1.82, 2.24) is 4.98 Å². The molecule has 0 fully saturated rings. The number of halogens is 1. The number of hydrogen-bond acceptors (Lipinski definition) is 4. The number of rotatable bonds is 1. The molecule has 0 aliphatic heterocycles. The molecule has 0 radical (unpaired) electrons. The van der Waals surface area contributed by atoms with E-state index in [9.17, 15) is 0 Å². The van der Waals surface area contributed by atoms with E-state index >= 15 is 0 Å². The number of nitriles is 1. The maximum Gasteiger partial charge on any atom is 0.231 e. The van der Waals surface area contributed by atoms with Gasteiger partial charge in [-0.1, -0.05) is 6.07 Å². The Kier molecular flexibility index (Phi) is 2.67. The first-order valence-corrected chi connectivity index (χ1v) is 5.34. The zero-order valence-electron chi connectivity index (χ0n) is 8.49. The van der Waals surface area contributed by atoms with Crippen molar-refractivity contribution in [3.8, 4) is 17.5 Å². The van der Waals surface area contributed by atoms with Crippen molar-refractivity contribution in [3.63, 3.8) is 0 Å². The molecule has 0 aliphatic carbocycles. The lowest BCUT2D eigenvalue weighted by molar-refractivity contribution is 0.593. The van der Waals surface area contributed by atoms with Gasteiger partial charge in [0.25, 0.3) is 0 Å². The summed E-state index contributed by atoms with van der Waals surface area (Å²) in [5, 5.41) is 8.73. The van der Waals surface area contributed by atoms with Crippen LogP contribution in [-0.2, 0) is 0 Å². The normalized spacial score (nSPS) is 10.1. The Morgan fingerprint density at radius 2 is 2.25 bits per heavy atom. The zero-order valence-corrected chi connectivity index (χ0v) is 10.1. The fourth-order valence-corrected chi connectivity index (χ4v) is 1.98. The lowest BCUT2D eigenvalue weighted by Crippen LogP contribution is -1.84. The first kappa shape index (κ1) is 10.7. The van der Waals surface area contributed by atoms with Crippen LogP contribution in [0.5, 0.6) is 0 Å². The van der Waals surface area contributed by atoms with Crippen LogP contribution in [-0.4, -0.2) is 4.98 Å². The summed E-state index contributed by atoms with van der Waals surface area (Å²) < 4.78 is 6.09. The van der Waals surface area contributed by atoms with Gasteiger partial charge in [-0.3, -0.25) is 0 Å². The average Bonchev–Trinajstić information content (AvgIpc) is 2.59. The van der Waals surface area contributed by atoms with E-state index in [0.29, 0.717) is 5.89 Å². The molecule has 1 aromatic heterocycles. The molecule has 4 nitrogen and oxygen atoms in total. The lowest BCUT2D eigenvalue weighted by atomic mass is 10.1. The second kappa shape index (κ2) is 3.99. The molecule has 0 bridgehead atoms. The quantitative estimate of drug-likeness (QED) is 0.870. The van der Waals surface area contributed by atoms with Crippen LogP contribution in [0.2, 0.25) is 0 Å². The monoisotopic (exact) mass is 277 g/mol. The SMILES string of the molecule is Cc1ccc(-c2nc(C#N)c(N)o2)c(Br)c1.